The minimum absolute atomic E-state index is 0.0173. The number of benzene rings is 2. The van der Waals surface area contributed by atoms with Crippen LogP contribution in [0, 0.1) is 5.82 Å². The lowest BCUT2D eigenvalue weighted by Crippen LogP contribution is -2.31. The molecule has 0 fully saturated rings. The Balaban J connectivity index is 1.77. The van der Waals surface area contributed by atoms with Crippen molar-refractivity contribution in [2.75, 3.05) is 13.7 Å². The van der Waals surface area contributed by atoms with E-state index in [9.17, 15) is 22.8 Å². The van der Waals surface area contributed by atoms with Gasteiger partial charge in [0.15, 0.2) is 6.61 Å². The summed E-state index contributed by atoms with van der Waals surface area (Å²) < 4.78 is 46.4. The molecule has 0 N–H and O–H groups in total. The Bertz CT molecular complexity index is 781. The van der Waals surface area contributed by atoms with Crippen LogP contribution in [-0.2, 0) is 27.3 Å². The summed E-state index contributed by atoms with van der Waals surface area (Å²) in [5.41, 5.74) is 1.14. The van der Waals surface area contributed by atoms with Crippen molar-refractivity contribution in [2.45, 2.75) is 19.6 Å². The van der Waals surface area contributed by atoms with E-state index in [-0.39, 0.29) is 18.7 Å². The van der Waals surface area contributed by atoms with Gasteiger partial charge in [-0.1, -0.05) is 24.3 Å². The number of hydrogen-bond donors (Lipinski definition) is 0. The van der Waals surface area contributed by atoms with E-state index in [4.69, 9.17) is 4.74 Å². The summed E-state index contributed by atoms with van der Waals surface area (Å²) in [7, 11) is 1.52. The number of alkyl halides is 2. The smallest absolute Gasteiger partial charge is 0.387 e. The molecule has 0 aliphatic rings. The maximum atomic E-state index is 13.1. The molecule has 0 unspecified atom stereocenters. The molecule has 0 aliphatic heterocycles. The van der Waals surface area contributed by atoms with Crippen LogP contribution in [0.3, 0.4) is 0 Å². The number of likely N-dealkylation sites (N-methyl/N-ethyl adjacent to an activating group) is 1. The van der Waals surface area contributed by atoms with Crippen molar-refractivity contribution in [1.82, 2.24) is 4.90 Å². The number of nitrogens with zero attached hydrogens (tertiary/aromatic N) is 1. The van der Waals surface area contributed by atoms with Gasteiger partial charge in [-0.15, -0.1) is 0 Å². The monoisotopic (exact) mass is 381 g/mol. The van der Waals surface area contributed by atoms with E-state index >= 15 is 0 Å². The molecule has 0 bridgehead atoms. The molecule has 5 nitrogen and oxygen atoms in total. The highest BCUT2D eigenvalue weighted by Gasteiger charge is 2.13. The molecule has 0 saturated carbocycles. The van der Waals surface area contributed by atoms with E-state index in [1.165, 1.54) is 48.3 Å². The molecule has 0 saturated heterocycles. The van der Waals surface area contributed by atoms with Crippen molar-refractivity contribution >= 4 is 11.9 Å². The van der Waals surface area contributed by atoms with Gasteiger partial charge in [-0.25, -0.2) is 4.39 Å². The summed E-state index contributed by atoms with van der Waals surface area (Å²) in [6.07, 6.45) is -0.115. The van der Waals surface area contributed by atoms with Crippen molar-refractivity contribution in [3.8, 4) is 5.75 Å². The van der Waals surface area contributed by atoms with Crippen LogP contribution >= 0.6 is 0 Å². The highest BCUT2D eigenvalue weighted by Crippen LogP contribution is 2.15. The molecule has 0 radical (unpaired) electrons. The molecule has 2 rings (SSSR count). The maximum Gasteiger partial charge on any atom is 0.387 e. The van der Waals surface area contributed by atoms with E-state index < -0.39 is 30.9 Å². The second-order valence-electron chi connectivity index (χ2n) is 5.74. The van der Waals surface area contributed by atoms with Crippen LogP contribution in [0.2, 0.25) is 0 Å². The number of ether oxygens (including phenoxy) is 2. The summed E-state index contributed by atoms with van der Waals surface area (Å²) >= 11 is 0. The largest absolute Gasteiger partial charge is 0.455 e. The summed E-state index contributed by atoms with van der Waals surface area (Å²) in [4.78, 5) is 25.1. The number of amides is 1. The zero-order valence-corrected chi connectivity index (χ0v) is 14.5. The lowest BCUT2D eigenvalue weighted by molar-refractivity contribution is -0.151. The van der Waals surface area contributed by atoms with Crippen molar-refractivity contribution in [1.29, 1.82) is 0 Å². The second-order valence-corrected chi connectivity index (χ2v) is 5.74. The fraction of sp³-hybridized carbons (Fsp3) is 0.263. The third kappa shape index (κ3) is 7.01. The molecule has 0 heterocycles. The minimum atomic E-state index is -2.92. The maximum absolute atomic E-state index is 13.1. The molecule has 8 heteroatoms. The van der Waals surface area contributed by atoms with Crippen molar-refractivity contribution in [3.63, 3.8) is 0 Å². The van der Waals surface area contributed by atoms with Gasteiger partial charge in [-0.05, 0) is 35.4 Å². The van der Waals surface area contributed by atoms with Gasteiger partial charge in [-0.3, -0.25) is 9.59 Å². The topological polar surface area (TPSA) is 55.8 Å². The lowest BCUT2D eigenvalue weighted by atomic mass is 10.1. The Labute approximate surface area is 154 Å². The number of carbonyl (C=O) groups excluding carboxylic acids is 2. The molecule has 0 spiro atoms. The third-order valence-electron chi connectivity index (χ3n) is 3.59. The van der Waals surface area contributed by atoms with Crippen molar-refractivity contribution in [3.05, 3.63) is 65.5 Å². The van der Waals surface area contributed by atoms with Crippen LogP contribution in [0.25, 0.3) is 0 Å². The van der Waals surface area contributed by atoms with E-state index in [1.807, 2.05) is 0 Å². The highest BCUT2D eigenvalue weighted by molar-refractivity contribution is 5.81. The van der Waals surface area contributed by atoms with Gasteiger partial charge in [0, 0.05) is 13.6 Å². The Morgan fingerprint density at radius 1 is 1.07 bits per heavy atom. The lowest BCUT2D eigenvalue weighted by Gasteiger charge is -2.17. The van der Waals surface area contributed by atoms with Crippen LogP contribution in [0.5, 0.6) is 5.75 Å². The van der Waals surface area contributed by atoms with Gasteiger partial charge in [0.1, 0.15) is 11.6 Å². The molecule has 144 valence electrons. The number of carbonyl (C=O) groups is 2. The summed E-state index contributed by atoms with van der Waals surface area (Å²) in [6, 6.07) is 11.4. The van der Waals surface area contributed by atoms with Gasteiger partial charge in [-0.2, -0.15) is 8.78 Å². The SMILES string of the molecule is CN(Cc1cccc(F)c1)C(=O)COC(=O)Cc1ccc(OC(F)F)cc1. The Morgan fingerprint density at radius 3 is 2.41 bits per heavy atom. The Kier molecular flexibility index (Phi) is 7.22. The van der Waals surface area contributed by atoms with E-state index in [2.05, 4.69) is 4.74 Å². The van der Waals surface area contributed by atoms with Crippen molar-refractivity contribution < 1.29 is 32.2 Å². The Hall–Kier alpha value is -3.03. The van der Waals surface area contributed by atoms with E-state index in [0.29, 0.717) is 11.1 Å². The first-order valence-electron chi connectivity index (χ1n) is 8.01. The summed E-state index contributed by atoms with van der Waals surface area (Å²) in [5, 5.41) is 0. The minimum Gasteiger partial charge on any atom is -0.455 e. The molecule has 27 heavy (non-hydrogen) atoms. The standard InChI is InChI=1S/C19H18F3NO4/c1-23(11-14-3-2-4-15(20)9-14)17(24)12-26-18(25)10-13-5-7-16(8-6-13)27-19(21)22/h2-9,19H,10-12H2,1H3. The quantitative estimate of drug-likeness (QED) is 0.659. The Morgan fingerprint density at radius 2 is 1.78 bits per heavy atom. The number of rotatable bonds is 8. The molecular formula is C19H18F3NO4. The number of halogens is 3. The van der Waals surface area contributed by atoms with Crippen LogP contribution in [0.1, 0.15) is 11.1 Å². The molecule has 2 aromatic rings. The summed E-state index contributed by atoms with van der Waals surface area (Å²) in [5.74, 6) is -1.49. The molecule has 1 amide bonds. The fourth-order valence-electron chi connectivity index (χ4n) is 2.26. The average Bonchev–Trinajstić information content (AvgIpc) is 2.61. The first kappa shape index (κ1) is 20.3. The normalized spacial score (nSPS) is 10.6. The fourth-order valence-corrected chi connectivity index (χ4v) is 2.26. The molecule has 0 aliphatic carbocycles. The van der Waals surface area contributed by atoms with Gasteiger partial charge in [0.25, 0.3) is 5.91 Å². The van der Waals surface area contributed by atoms with E-state index in [1.54, 1.807) is 12.1 Å². The van der Waals surface area contributed by atoms with Crippen molar-refractivity contribution in [2.24, 2.45) is 0 Å². The summed E-state index contributed by atoms with van der Waals surface area (Å²) in [6.45, 7) is -3.19. The first-order valence-corrected chi connectivity index (χ1v) is 8.01. The number of hydrogen-bond acceptors (Lipinski definition) is 4. The highest BCUT2D eigenvalue weighted by atomic mass is 19.3. The van der Waals surface area contributed by atoms with Crippen LogP contribution in [-0.4, -0.2) is 37.0 Å². The van der Waals surface area contributed by atoms with Crippen LogP contribution < -0.4 is 4.74 Å². The van der Waals surface area contributed by atoms with Crippen LogP contribution in [0.15, 0.2) is 48.5 Å². The van der Waals surface area contributed by atoms with Gasteiger partial charge in [0.2, 0.25) is 0 Å². The van der Waals surface area contributed by atoms with Gasteiger partial charge >= 0.3 is 12.6 Å². The second kappa shape index (κ2) is 9.61. The van der Waals surface area contributed by atoms with Crippen LogP contribution in [0.4, 0.5) is 13.2 Å². The number of esters is 1. The molecular weight excluding hydrogens is 363 g/mol. The molecule has 2 aromatic carbocycles. The zero-order valence-electron chi connectivity index (χ0n) is 14.5. The average molecular weight is 381 g/mol. The first-order chi connectivity index (χ1) is 12.8. The predicted octanol–water partition coefficient (Wildman–Crippen LogP) is 3.17. The predicted molar refractivity (Wildman–Crippen MR) is 90.6 cm³/mol. The third-order valence-corrected chi connectivity index (χ3v) is 3.59. The molecule has 0 aromatic heterocycles. The van der Waals surface area contributed by atoms with Gasteiger partial charge in [0.05, 0.1) is 6.42 Å². The zero-order chi connectivity index (χ0) is 19.8. The van der Waals surface area contributed by atoms with Gasteiger partial charge < -0.3 is 14.4 Å². The molecule has 0 atom stereocenters. The van der Waals surface area contributed by atoms with E-state index in [0.717, 1.165) is 0 Å².